The van der Waals surface area contributed by atoms with E-state index in [0.717, 1.165) is 99.4 Å². The summed E-state index contributed by atoms with van der Waals surface area (Å²) in [5, 5.41) is 21.2. The van der Waals surface area contributed by atoms with Crippen LogP contribution in [-0.2, 0) is 22.6 Å². The van der Waals surface area contributed by atoms with Gasteiger partial charge in [-0.2, -0.15) is 0 Å². The smallest absolute Gasteiger partial charge is 0.235 e. The summed E-state index contributed by atoms with van der Waals surface area (Å²) in [6.07, 6.45) is 7.80. The number of carbonyl (C=O) groups excluding carboxylic acids is 2. The standard InChI is InChI=1S/C36H43N9O4/c37-34(47)32-35(40-29(20-38-32)44-15-2-1-3-16-44)39-23-5-7-24(8-6-23)43-18-13-25(14-19-43)45-17-12-22-4-9-26-31(42-49-33(26)28(22)21-45)27-10-11-30(46)41-36(27)48/h4-9,20,25,27,34,47H,1-3,10-19,21,37H2,(H,39,40)(H,41,46,48). The molecule has 4 aliphatic heterocycles. The second-order valence-corrected chi connectivity index (χ2v) is 13.7. The first-order valence-corrected chi connectivity index (χ1v) is 17.6. The number of benzene rings is 2. The zero-order valence-electron chi connectivity index (χ0n) is 27.6. The Kier molecular flexibility index (Phi) is 8.64. The molecule has 0 aliphatic carbocycles. The molecule has 0 spiro atoms. The minimum atomic E-state index is -1.23. The summed E-state index contributed by atoms with van der Waals surface area (Å²) in [4.78, 5) is 40.7. The van der Waals surface area contributed by atoms with E-state index in [2.05, 4.69) is 53.7 Å². The lowest BCUT2D eigenvalue weighted by Crippen LogP contribution is -2.46. The molecule has 2 aromatic heterocycles. The number of nitrogens with zero attached hydrogens (tertiary/aromatic N) is 6. The van der Waals surface area contributed by atoms with Gasteiger partial charge in [0.2, 0.25) is 11.8 Å². The van der Waals surface area contributed by atoms with Gasteiger partial charge >= 0.3 is 0 Å². The molecule has 5 N–H and O–H groups in total. The van der Waals surface area contributed by atoms with E-state index in [1.807, 2.05) is 18.2 Å². The Balaban J connectivity index is 0.908. The normalized spacial score (nSPS) is 21.5. The van der Waals surface area contributed by atoms with Gasteiger partial charge in [0.25, 0.3) is 0 Å². The Hall–Kier alpha value is -4.59. The van der Waals surface area contributed by atoms with E-state index >= 15 is 0 Å². The Morgan fingerprint density at radius 1 is 0.939 bits per heavy atom. The molecule has 4 aliphatic rings. The lowest BCUT2D eigenvalue weighted by Gasteiger charge is -2.41. The molecule has 49 heavy (non-hydrogen) atoms. The van der Waals surface area contributed by atoms with Crippen molar-refractivity contribution in [2.24, 2.45) is 5.73 Å². The lowest BCUT2D eigenvalue weighted by molar-refractivity contribution is -0.134. The van der Waals surface area contributed by atoms with Crippen LogP contribution in [0.2, 0.25) is 0 Å². The van der Waals surface area contributed by atoms with Gasteiger partial charge in [-0.1, -0.05) is 11.2 Å². The molecule has 2 atom stereocenters. The Bertz CT molecular complexity index is 1850. The predicted octanol–water partition coefficient (Wildman–Crippen LogP) is 3.85. The quantitative estimate of drug-likeness (QED) is 0.167. The maximum absolute atomic E-state index is 12.6. The zero-order chi connectivity index (χ0) is 33.5. The van der Waals surface area contributed by atoms with Crippen molar-refractivity contribution in [3.05, 3.63) is 65.1 Å². The van der Waals surface area contributed by atoms with E-state index in [9.17, 15) is 14.7 Å². The molecule has 4 aromatic rings. The Morgan fingerprint density at radius 2 is 1.73 bits per heavy atom. The third-order valence-corrected chi connectivity index (χ3v) is 10.7. The maximum atomic E-state index is 12.6. The van der Waals surface area contributed by atoms with Crippen molar-refractivity contribution >= 4 is 45.8 Å². The van der Waals surface area contributed by atoms with Crippen LogP contribution in [0.4, 0.5) is 23.0 Å². The minimum Gasteiger partial charge on any atom is -0.373 e. The minimum absolute atomic E-state index is 0.231. The highest BCUT2D eigenvalue weighted by Crippen LogP contribution is 2.36. The van der Waals surface area contributed by atoms with Crippen molar-refractivity contribution in [2.45, 2.75) is 76.1 Å². The SMILES string of the molecule is NC(O)c1ncc(N2CCCCC2)nc1Nc1ccc(N2CCC(N3CCc4ccc5c(C6CCC(=O)NC6=O)noc5c4C3)CC2)cc1. The van der Waals surface area contributed by atoms with Crippen LogP contribution in [0.25, 0.3) is 11.0 Å². The number of piperidine rings is 3. The van der Waals surface area contributed by atoms with E-state index < -0.39 is 12.1 Å². The molecule has 2 amide bonds. The highest BCUT2D eigenvalue weighted by molar-refractivity contribution is 6.02. The summed E-state index contributed by atoms with van der Waals surface area (Å²) >= 11 is 0. The van der Waals surface area contributed by atoms with Crippen LogP contribution in [-0.4, -0.2) is 75.7 Å². The average Bonchev–Trinajstić information content (AvgIpc) is 3.56. The highest BCUT2D eigenvalue weighted by atomic mass is 16.5. The summed E-state index contributed by atoms with van der Waals surface area (Å²) in [6.45, 7) is 5.61. The van der Waals surface area contributed by atoms with Crippen molar-refractivity contribution in [3.63, 3.8) is 0 Å². The zero-order valence-corrected chi connectivity index (χ0v) is 27.6. The van der Waals surface area contributed by atoms with Crippen LogP contribution in [0.15, 0.2) is 47.1 Å². The van der Waals surface area contributed by atoms with Crippen LogP contribution in [0, 0.1) is 0 Å². The van der Waals surface area contributed by atoms with Crippen molar-refractivity contribution in [2.75, 3.05) is 47.8 Å². The van der Waals surface area contributed by atoms with Crippen LogP contribution in [0.3, 0.4) is 0 Å². The number of hydrogen-bond donors (Lipinski definition) is 4. The van der Waals surface area contributed by atoms with E-state index in [4.69, 9.17) is 15.2 Å². The average molecular weight is 666 g/mol. The fraction of sp³-hybridized carbons (Fsp3) is 0.472. The first-order valence-electron chi connectivity index (χ1n) is 17.6. The molecule has 3 fully saturated rings. The number of anilines is 4. The topological polar surface area (TPSA) is 166 Å². The third kappa shape index (κ3) is 6.33. The summed E-state index contributed by atoms with van der Waals surface area (Å²) in [7, 11) is 0. The van der Waals surface area contributed by atoms with Crippen LogP contribution < -0.4 is 26.2 Å². The Morgan fingerprint density at radius 3 is 2.49 bits per heavy atom. The number of nitrogens with two attached hydrogens (primary N) is 1. The van der Waals surface area contributed by atoms with Crippen molar-refractivity contribution in [1.82, 2.24) is 25.3 Å². The molecule has 8 rings (SSSR count). The van der Waals surface area contributed by atoms with Gasteiger partial charge in [0.05, 0.1) is 12.1 Å². The number of rotatable bonds is 7. The molecule has 6 heterocycles. The molecule has 0 bridgehead atoms. The van der Waals surface area contributed by atoms with E-state index in [1.54, 1.807) is 6.20 Å². The predicted molar refractivity (Wildman–Crippen MR) is 185 cm³/mol. The number of amides is 2. The van der Waals surface area contributed by atoms with E-state index in [1.165, 1.54) is 17.7 Å². The van der Waals surface area contributed by atoms with E-state index in [0.29, 0.717) is 36.1 Å². The molecule has 3 saturated heterocycles. The number of aliphatic hydroxyl groups is 1. The van der Waals surface area contributed by atoms with Gasteiger partial charge in [-0.25, -0.2) is 9.97 Å². The highest BCUT2D eigenvalue weighted by Gasteiger charge is 2.34. The molecule has 0 saturated carbocycles. The monoisotopic (exact) mass is 665 g/mol. The Labute approximate surface area is 284 Å². The number of aliphatic hydroxyl groups excluding tert-OH is 1. The number of imide groups is 1. The molecule has 2 unspecified atom stereocenters. The largest absolute Gasteiger partial charge is 0.373 e. The molecule has 13 heteroatoms. The van der Waals surface area contributed by atoms with Gasteiger partial charge < -0.3 is 30.5 Å². The summed E-state index contributed by atoms with van der Waals surface area (Å²) < 4.78 is 5.90. The molecule has 13 nitrogen and oxygen atoms in total. The van der Waals surface area contributed by atoms with E-state index in [-0.39, 0.29) is 11.8 Å². The molecule has 2 aromatic carbocycles. The van der Waals surface area contributed by atoms with Gasteiger partial charge in [0.15, 0.2) is 11.4 Å². The number of nitrogens with one attached hydrogen (secondary N) is 2. The number of fused-ring (bicyclic) bond motifs is 3. The molecule has 256 valence electrons. The number of carbonyl (C=O) groups is 2. The van der Waals surface area contributed by atoms with Gasteiger partial charge in [0, 0.05) is 74.1 Å². The van der Waals surface area contributed by atoms with Gasteiger partial charge in [-0.3, -0.25) is 19.8 Å². The molecular weight excluding hydrogens is 622 g/mol. The maximum Gasteiger partial charge on any atom is 0.235 e. The second-order valence-electron chi connectivity index (χ2n) is 13.7. The van der Waals surface area contributed by atoms with Crippen LogP contribution in [0.5, 0.6) is 0 Å². The third-order valence-electron chi connectivity index (χ3n) is 10.7. The first-order chi connectivity index (χ1) is 23.9. The summed E-state index contributed by atoms with van der Waals surface area (Å²) in [5.74, 6) is 0.280. The fourth-order valence-corrected chi connectivity index (χ4v) is 7.94. The number of hydrogen-bond acceptors (Lipinski definition) is 12. The van der Waals surface area contributed by atoms with Gasteiger partial charge in [-0.15, -0.1) is 0 Å². The number of aromatic nitrogens is 3. The van der Waals surface area contributed by atoms with Crippen molar-refractivity contribution in [3.8, 4) is 0 Å². The summed E-state index contributed by atoms with van der Waals surface area (Å²) in [6, 6.07) is 13.0. The molecular formula is C36H43N9O4. The van der Waals surface area contributed by atoms with Gasteiger partial charge in [0.1, 0.15) is 23.4 Å². The van der Waals surface area contributed by atoms with Crippen LogP contribution >= 0.6 is 0 Å². The molecule has 0 radical (unpaired) electrons. The summed E-state index contributed by atoms with van der Waals surface area (Å²) in [5.41, 5.74) is 12.0. The lowest BCUT2D eigenvalue weighted by atomic mass is 9.90. The van der Waals surface area contributed by atoms with Crippen LogP contribution in [0.1, 0.15) is 79.6 Å². The fourth-order valence-electron chi connectivity index (χ4n) is 7.94. The first kappa shape index (κ1) is 31.7. The van der Waals surface area contributed by atoms with Crippen molar-refractivity contribution in [1.29, 1.82) is 0 Å². The van der Waals surface area contributed by atoms with Crippen molar-refractivity contribution < 1.29 is 19.2 Å². The van der Waals surface area contributed by atoms with Gasteiger partial charge in [-0.05, 0) is 80.8 Å². The second kappa shape index (κ2) is 13.4.